The van der Waals surface area contributed by atoms with Gasteiger partial charge >= 0.3 is 0 Å². The van der Waals surface area contributed by atoms with Crippen LogP contribution in [0, 0.1) is 6.92 Å². The summed E-state index contributed by atoms with van der Waals surface area (Å²) < 4.78 is 12.1. The van der Waals surface area contributed by atoms with Gasteiger partial charge in [-0.25, -0.2) is 0 Å². The molecule has 2 heteroatoms. The second-order valence-electron chi connectivity index (χ2n) is 4.72. The summed E-state index contributed by atoms with van der Waals surface area (Å²) in [6.07, 6.45) is 5.56. The van der Waals surface area contributed by atoms with Crippen molar-refractivity contribution in [3.63, 3.8) is 0 Å². The van der Waals surface area contributed by atoms with Crippen molar-refractivity contribution in [2.45, 2.75) is 44.0 Å². The summed E-state index contributed by atoms with van der Waals surface area (Å²) in [4.78, 5) is 0. The maximum Gasteiger partial charge on any atom is 0.211 e. The van der Waals surface area contributed by atoms with Crippen LogP contribution in [0.1, 0.15) is 43.8 Å². The lowest BCUT2D eigenvalue weighted by atomic mass is 9.92. The summed E-state index contributed by atoms with van der Waals surface area (Å²) in [7, 11) is 0. The second-order valence-corrected chi connectivity index (χ2v) is 4.72. The number of hydrogen-bond acceptors (Lipinski definition) is 2. The quantitative estimate of drug-likeness (QED) is 0.660. The molecule has 2 aliphatic rings. The zero-order valence-corrected chi connectivity index (χ0v) is 9.45. The molecule has 1 saturated carbocycles. The number of rotatable bonds is 0. The molecule has 0 bridgehead atoms. The third-order valence-corrected chi connectivity index (χ3v) is 3.53. The lowest BCUT2D eigenvalue weighted by Crippen LogP contribution is -2.44. The van der Waals surface area contributed by atoms with Crippen molar-refractivity contribution >= 4 is 0 Å². The summed E-state index contributed by atoms with van der Waals surface area (Å²) in [5.74, 6) is 0.564. The first-order chi connectivity index (χ1) is 7.79. The van der Waals surface area contributed by atoms with Crippen LogP contribution in [-0.4, -0.2) is 5.79 Å². The highest BCUT2D eigenvalue weighted by molar-refractivity contribution is 5.37. The summed E-state index contributed by atoms with van der Waals surface area (Å²) in [6.45, 7) is 4.09. The van der Waals surface area contributed by atoms with E-state index in [-0.39, 0.29) is 11.9 Å². The van der Waals surface area contributed by atoms with Crippen LogP contribution >= 0.6 is 0 Å². The first kappa shape index (κ1) is 10.2. The molecule has 1 unspecified atom stereocenters. The van der Waals surface area contributed by atoms with Gasteiger partial charge < -0.3 is 9.47 Å². The normalized spacial score (nSPS) is 27.2. The molecule has 3 rings (SSSR count). The van der Waals surface area contributed by atoms with Gasteiger partial charge in [0, 0.05) is 18.4 Å². The zero-order chi connectivity index (χ0) is 11.0. The van der Waals surface area contributed by atoms with Gasteiger partial charge in [-0.05, 0) is 25.8 Å². The van der Waals surface area contributed by atoms with E-state index in [1.54, 1.807) is 0 Å². The molecule has 1 aromatic rings. The third kappa shape index (κ3) is 1.61. The Morgan fingerprint density at radius 3 is 2.69 bits per heavy atom. The first-order valence-electron chi connectivity index (χ1n) is 6.08. The molecule has 0 saturated heterocycles. The van der Waals surface area contributed by atoms with E-state index in [1.165, 1.54) is 19.3 Å². The Kier molecular flexibility index (Phi) is 2.40. The van der Waals surface area contributed by atoms with E-state index in [1.807, 2.05) is 24.3 Å². The van der Waals surface area contributed by atoms with Crippen LogP contribution in [0.25, 0.3) is 0 Å². The van der Waals surface area contributed by atoms with Gasteiger partial charge in [-0.1, -0.05) is 24.6 Å². The van der Waals surface area contributed by atoms with Gasteiger partial charge in [-0.15, -0.1) is 0 Å². The molecule has 16 heavy (non-hydrogen) atoms. The number of para-hydroxylation sites is 1. The van der Waals surface area contributed by atoms with E-state index < -0.39 is 0 Å². The van der Waals surface area contributed by atoms with Gasteiger partial charge in [0.2, 0.25) is 5.79 Å². The zero-order valence-electron chi connectivity index (χ0n) is 9.45. The molecule has 1 spiro atoms. The lowest BCUT2D eigenvalue weighted by Gasteiger charge is -2.43. The van der Waals surface area contributed by atoms with Crippen LogP contribution in [0.4, 0.5) is 0 Å². The van der Waals surface area contributed by atoms with Crippen molar-refractivity contribution in [2.24, 2.45) is 0 Å². The molecule has 0 aromatic heterocycles. The Morgan fingerprint density at radius 1 is 1.12 bits per heavy atom. The second kappa shape index (κ2) is 3.77. The van der Waals surface area contributed by atoms with Gasteiger partial charge in [0.25, 0.3) is 0 Å². The minimum atomic E-state index is -0.390. The molecule has 1 fully saturated rings. The van der Waals surface area contributed by atoms with Gasteiger partial charge in [0.05, 0.1) is 6.10 Å². The molecule has 1 aliphatic heterocycles. The van der Waals surface area contributed by atoms with Crippen molar-refractivity contribution in [3.8, 4) is 5.75 Å². The number of ether oxygens (including phenoxy) is 2. The molecule has 1 aliphatic carbocycles. The van der Waals surface area contributed by atoms with Crippen molar-refractivity contribution in [1.29, 1.82) is 0 Å². The smallest absolute Gasteiger partial charge is 0.211 e. The first-order valence-corrected chi connectivity index (χ1v) is 6.08. The maximum atomic E-state index is 6.07. The van der Waals surface area contributed by atoms with Gasteiger partial charge in [0.15, 0.2) is 0 Å². The van der Waals surface area contributed by atoms with Crippen molar-refractivity contribution in [3.05, 3.63) is 36.8 Å². The number of benzene rings is 1. The SMILES string of the molecule is [CH2]C1OC2(CCCCC2)Oc2ccccc21. The monoisotopic (exact) mass is 217 g/mol. The van der Waals surface area contributed by atoms with Crippen LogP contribution < -0.4 is 4.74 Å². The van der Waals surface area contributed by atoms with Crippen molar-refractivity contribution < 1.29 is 9.47 Å². The standard InChI is InChI=1S/C14H17O2/c1-11-12-7-3-4-8-13(12)16-14(15-11)9-5-2-6-10-14/h3-4,7-8,11H,1-2,5-6,9-10H2. The van der Waals surface area contributed by atoms with Gasteiger partial charge in [-0.2, -0.15) is 0 Å². The molecule has 1 aromatic carbocycles. The Hall–Kier alpha value is -1.02. The molecule has 1 atom stereocenters. The molecule has 1 radical (unpaired) electrons. The van der Waals surface area contributed by atoms with E-state index in [2.05, 4.69) is 6.92 Å². The molecule has 1 heterocycles. The molecular weight excluding hydrogens is 200 g/mol. The fourth-order valence-electron chi connectivity index (χ4n) is 2.70. The number of hydrogen-bond donors (Lipinski definition) is 0. The van der Waals surface area contributed by atoms with Crippen LogP contribution in [0.15, 0.2) is 24.3 Å². The predicted molar refractivity (Wildman–Crippen MR) is 62.1 cm³/mol. The summed E-state index contributed by atoms with van der Waals surface area (Å²) in [5, 5.41) is 0. The van der Waals surface area contributed by atoms with E-state index in [0.29, 0.717) is 0 Å². The van der Waals surface area contributed by atoms with Crippen LogP contribution in [-0.2, 0) is 4.74 Å². The minimum Gasteiger partial charge on any atom is -0.462 e. The molecule has 0 amide bonds. The van der Waals surface area contributed by atoms with E-state index in [4.69, 9.17) is 9.47 Å². The summed E-state index contributed by atoms with van der Waals surface area (Å²) in [6, 6.07) is 8.06. The summed E-state index contributed by atoms with van der Waals surface area (Å²) >= 11 is 0. The van der Waals surface area contributed by atoms with E-state index in [9.17, 15) is 0 Å². The molecule has 85 valence electrons. The van der Waals surface area contributed by atoms with Crippen LogP contribution in [0.5, 0.6) is 5.75 Å². The fraction of sp³-hybridized carbons (Fsp3) is 0.500. The van der Waals surface area contributed by atoms with Gasteiger partial charge in [0.1, 0.15) is 5.75 Å². The highest BCUT2D eigenvalue weighted by Crippen LogP contribution is 2.44. The molecule has 2 nitrogen and oxygen atoms in total. The Balaban J connectivity index is 1.93. The van der Waals surface area contributed by atoms with Crippen molar-refractivity contribution in [1.82, 2.24) is 0 Å². The highest BCUT2D eigenvalue weighted by atomic mass is 16.7. The van der Waals surface area contributed by atoms with Gasteiger partial charge in [-0.3, -0.25) is 0 Å². The molecular formula is C14H17O2. The highest BCUT2D eigenvalue weighted by Gasteiger charge is 2.41. The van der Waals surface area contributed by atoms with E-state index in [0.717, 1.165) is 24.2 Å². The fourth-order valence-corrected chi connectivity index (χ4v) is 2.70. The van der Waals surface area contributed by atoms with Crippen LogP contribution in [0.3, 0.4) is 0 Å². The molecule has 0 N–H and O–H groups in total. The van der Waals surface area contributed by atoms with E-state index >= 15 is 0 Å². The number of fused-ring (bicyclic) bond motifs is 1. The van der Waals surface area contributed by atoms with Crippen LogP contribution in [0.2, 0.25) is 0 Å². The average Bonchev–Trinajstić information content (AvgIpc) is 2.30. The topological polar surface area (TPSA) is 18.5 Å². The Morgan fingerprint density at radius 2 is 1.88 bits per heavy atom. The summed E-state index contributed by atoms with van der Waals surface area (Å²) in [5.41, 5.74) is 1.07. The Bertz CT molecular complexity index is 380. The largest absolute Gasteiger partial charge is 0.462 e. The lowest BCUT2D eigenvalue weighted by molar-refractivity contribution is -0.235. The third-order valence-electron chi connectivity index (χ3n) is 3.53. The average molecular weight is 217 g/mol. The van der Waals surface area contributed by atoms with Crippen molar-refractivity contribution in [2.75, 3.05) is 0 Å². The predicted octanol–water partition coefficient (Wildman–Crippen LogP) is 3.63. The Labute approximate surface area is 96.6 Å². The maximum absolute atomic E-state index is 6.07. The minimum absolute atomic E-state index is 0.0944.